The third-order valence-corrected chi connectivity index (χ3v) is 3.30. The number of carbonyl (C=O) groups excluding carboxylic acids is 1. The van der Waals surface area contributed by atoms with Crippen LogP contribution in [0.4, 0.5) is 5.69 Å². The van der Waals surface area contributed by atoms with Gasteiger partial charge in [0, 0.05) is 17.6 Å². The molecule has 1 amide bonds. The number of thiazole rings is 1. The number of nitrogens with two attached hydrogens (primary N) is 1. The van der Waals surface area contributed by atoms with Gasteiger partial charge in [-0.25, -0.2) is 4.98 Å². The lowest BCUT2D eigenvalue weighted by Crippen LogP contribution is -2.24. The fourth-order valence-electron chi connectivity index (χ4n) is 1.55. The Morgan fingerprint density at radius 1 is 1.39 bits per heavy atom. The van der Waals surface area contributed by atoms with Gasteiger partial charge in [0.1, 0.15) is 0 Å². The molecule has 0 aliphatic heterocycles. The van der Waals surface area contributed by atoms with E-state index >= 15 is 0 Å². The number of carbonyl (C=O) groups is 1. The van der Waals surface area contributed by atoms with Crippen LogP contribution < -0.4 is 11.1 Å². The van der Waals surface area contributed by atoms with Gasteiger partial charge >= 0.3 is 0 Å². The Morgan fingerprint density at radius 2 is 2.11 bits per heavy atom. The monoisotopic (exact) mass is 261 g/mol. The SMILES string of the molecule is Cc1nc(CC(=O)NCc2ccc(N)cc2)cs1. The van der Waals surface area contributed by atoms with Crippen molar-refractivity contribution < 1.29 is 4.79 Å². The van der Waals surface area contributed by atoms with Crippen molar-refractivity contribution in [2.75, 3.05) is 5.73 Å². The fraction of sp³-hybridized carbons (Fsp3) is 0.231. The van der Waals surface area contributed by atoms with Crippen LogP contribution in [0.3, 0.4) is 0 Å². The molecule has 3 N–H and O–H groups in total. The molecule has 0 saturated carbocycles. The zero-order chi connectivity index (χ0) is 13.0. The predicted octanol–water partition coefficient (Wildman–Crippen LogP) is 1.89. The predicted molar refractivity (Wildman–Crippen MR) is 73.3 cm³/mol. The van der Waals surface area contributed by atoms with Crippen LogP contribution in [0.1, 0.15) is 16.3 Å². The van der Waals surface area contributed by atoms with E-state index in [0.29, 0.717) is 13.0 Å². The molecule has 2 rings (SSSR count). The van der Waals surface area contributed by atoms with E-state index in [9.17, 15) is 4.79 Å². The van der Waals surface area contributed by atoms with Crippen LogP contribution in [-0.2, 0) is 17.8 Å². The number of rotatable bonds is 4. The zero-order valence-electron chi connectivity index (χ0n) is 10.1. The molecule has 0 saturated heterocycles. The minimum atomic E-state index is -0.0166. The highest BCUT2D eigenvalue weighted by Crippen LogP contribution is 2.08. The second-order valence-corrected chi connectivity index (χ2v) is 5.12. The van der Waals surface area contributed by atoms with Crippen LogP contribution in [0.5, 0.6) is 0 Å². The van der Waals surface area contributed by atoms with Crippen molar-refractivity contribution in [2.45, 2.75) is 19.9 Å². The summed E-state index contributed by atoms with van der Waals surface area (Å²) in [5.41, 5.74) is 8.18. The fourth-order valence-corrected chi connectivity index (χ4v) is 2.17. The number of aromatic nitrogens is 1. The van der Waals surface area contributed by atoms with Crippen LogP contribution >= 0.6 is 11.3 Å². The van der Waals surface area contributed by atoms with Gasteiger partial charge in [0.05, 0.1) is 17.1 Å². The molecule has 1 heterocycles. The Morgan fingerprint density at radius 3 is 2.72 bits per heavy atom. The first-order chi connectivity index (χ1) is 8.63. The van der Waals surface area contributed by atoms with Crippen molar-refractivity contribution in [2.24, 2.45) is 0 Å². The maximum absolute atomic E-state index is 11.7. The van der Waals surface area contributed by atoms with E-state index in [0.717, 1.165) is 22.0 Å². The summed E-state index contributed by atoms with van der Waals surface area (Å²) in [7, 11) is 0. The molecule has 1 aromatic heterocycles. The molecule has 1 aromatic carbocycles. The van der Waals surface area contributed by atoms with Crippen molar-refractivity contribution in [1.82, 2.24) is 10.3 Å². The number of nitrogens with one attached hydrogen (secondary N) is 1. The lowest BCUT2D eigenvalue weighted by molar-refractivity contribution is -0.120. The van der Waals surface area contributed by atoms with Gasteiger partial charge in [-0.05, 0) is 24.6 Å². The molecule has 0 bridgehead atoms. The molecule has 0 spiro atoms. The number of nitrogen functional groups attached to an aromatic ring is 1. The Bertz CT molecular complexity index is 533. The molecule has 0 aliphatic carbocycles. The van der Waals surface area contributed by atoms with Gasteiger partial charge in [0.25, 0.3) is 0 Å². The average molecular weight is 261 g/mol. The number of benzene rings is 1. The molecular formula is C13H15N3OS. The average Bonchev–Trinajstić information content (AvgIpc) is 2.74. The van der Waals surface area contributed by atoms with E-state index in [2.05, 4.69) is 10.3 Å². The second-order valence-electron chi connectivity index (χ2n) is 4.05. The third kappa shape index (κ3) is 3.56. The van der Waals surface area contributed by atoms with Crippen LogP contribution in [0.25, 0.3) is 0 Å². The first-order valence-corrected chi connectivity index (χ1v) is 6.53. The molecule has 0 atom stereocenters. The molecule has 0 aliphatic rings. The Labute approximate surface area is 110 Å². The zero-order valence-corrected chi connectivity index (χ0v) is 11.0. The standard InChI is InChI=1S/C13H15N3OS/c1-9-16-12(8-18-9)6-13(17)15-7-10-2-4-11(14)5-3-10/h2-5,8H,6-7,14H2,1H3,(H,15,17). The summed E-state index contributed by atoms with van der Waals surface area (Å²) in [6, 6.07) is 7.46. The van der Waals surface area contributed by atoms with Gasteiger partial charge < -0.3 is 11.1 Å². The summed E-state index contributed by atoms with van der Waals surface area (Å²) in [6.45, 7) is 2.45. The summed E-state index contributed by atoms with van der Waals surface area (Å²) < 4.78 is 0. The normalized spacial score (nSPS) is 10.3. The summed E-state index contributed by atoms with van der Waals surface area (Å²) in [4.78, 5) is 15.9. The number of anilines is 1. The van der Waals surface area contributed by atoms with Gasteiger partial charge in [0.15, 0.2) is 0 Å². The van der Waals surface area contributed by atoms with Gasteiger partial charge in [-0.3, -0.25) is 4.79 Å². The topological polar surface area (TPSA) is 68.0 Å². The third-order valence-electron chi connectivity index (χ3n) is 2.48. The lowest BCUT2D eigenvalue weighted by Gasteiger charge is -2.04. The van der Waals surface area contributed by atoms with Crippen LogP contribution in [0.15, 0.2) is 29.6 Å². The number of aryl methyl sites for hydroxylation is 1. The molecule has 2 aromatic rings. The molecule has 5 heteroatoms. The first-order valence-electron chi connectivity index (χ1n) is 5.65. The van der Waals surface area contributed by atoms with Crippen molar-refractivity contribution in [3.63, 3.8) is 0 Å². The molecule has 18 heavy (non-hydrogen) atoms. The number of hydrogen-bond acceptors (Lipinski definition) is 4. The minimum absolute atomic E-state index is 0.0166. The van der Waals surface area contributed by atoms with E-state index < -0.39 is 0 Å². The van der Waals surface area contributed by atoms with Gasteiger partial charge in [0.2, 0.25) is 5.91 Å². The maximum atomic E-state index is 11.7. The lowest BCUT2D eigenvalue weighted by atomic mass is 10.2. The van der Waals surface area contributed by atoms with Crippen molar-refractivity contribution in [3.05, 3.63) is 45.9 Å². The highest BCUT2D eigenvalue weighted by molar-refractivity contribution is 7.09. The van der Waals surface area contributed by atoms with E-state index in [1.165, 1.54) is 0 Å². The maximum Gasteiger partial charge on any atom is 0.226 e. The first kappa shape index (κ1) is 12.6. The van der Waals surface area contributed by atoms with E-state index in [-0.39, 0.29) is 5.91 Å². The smallest absolute Gasteiger partial charge is 0.226 e. The van der Waals surface area contributed by atoms with Crippen molar-refractivity contribution in [3.8, 4) is 0 Å². The van der Waals surface area contributed by atoms with Crippen molar-refractivity contribution >= 4 is 22.9 Å². The Kier molecular flexibility index (Phi) is 3.94. The Hall–Kier alpha value is -1.88. The molecule has 0 unspecified atom stereocenters. The van der Waals surface area contributed by atoms with Crippen LogP contribution in [-0.4, -0.2) is 10.9 Å². The number of amides is 1. The van der Waals surface area contributed by atoms with Gasteiger partial charge in [-0.2, -0.15) is 0 Å². The quantitative estimate of drug-likeness (QED) is 0.826. The number of nitrogens with zero attached hydrogens (tertiary/aromatic N) is 1. The minimum Gasteiger partial charge on any atom is -0.399 e. The van der Waals surface area contributed by atoms with Crippen LogP contribution in [0, 0.1) is 6.92 Å². The van der Waals surface area contributed by atoms with E-state index in [4.69, 9.17) is 5.73 Å². The summed E-state index contributed by atoms with van der Waals surface area (Å²) in [5.74, 6) is -0.0166. The molecule has 0 radical (unpaired) electrons. The Balaban J connectivity index is 1.83. The summed E-state index contributed by atoms with van der Waals surface area (Å²) in [6.07, 6.45) is 0.333. The van der Waals surface area contributed by atoms with Crippen LogP contribution in [0.2, 0.25) is 0 Å². The van der Waals surface area contributed by atoms with Crippen molar-refractivity contribution in [1.29, 1.82) is 0 Å². The van der Waals surface area contributed by atoms with E-state index in [1.807, 2.05) is 36.6 Å². The van der Waals surface area contributed by atoms with E-state index in [1.54, 1.807) is 11.3 Å². The van der Waals surface area contributed by atoms with Gasteiger partial charge in [-0.1, -0.05) is 12.1 Å². The molecule has 94 valence electrons. The highest BCUT2D eigenvalue weighted by atomic mass is 32.1. The summed E-state index contributed by atoms with van der Waals surface area (Å²) >= 11 is 1.56. The highest BCUT2D eigenvalue weighted by Gasteiger charge is 2.05. The molecule has 0 fully saturated rings. The second kappa shape index (κ2) is 5.64. The largest absolute Gasteiger partial charge is 0.399 e. The molecular weight excluding hydrogens is 246 g/mol. The molecule has 4 nitrogen and oxygen atoms in total. The van der Waals surface area contributed by atoms with Gasteiger partial charge in [-0.15, -0.1) is 11.3 Å². The number of hydrogen-bond donors (Lipinski definition) is 2. The summed E-state index contributed by atoms with van der Waals surface area (Å²) in [5, 5.41) is 5.76.